The maximum Gasteiger partial charge on any atom is 0.416 e. The first-order valence-corrected chi connectivity index (χ1v) is 7.41. The SMILES string of the molecule is CNC(=O)C(C)(C)Nc1ncc(-c2cccc(C(F)(F)F)c2)cc1O. The fourth-order valence-corrected chi connectivity index (χ4v) is 2.25. The molecule has 0 fully saturated rings. The molecule has 0 unspecified atom stereocenters. The van der Waals surface area contributed by atoms with Crippen LogP contribution < -0.4 is 10.6 Å². The Bertz CT molecular complexity index is 789. The van der Waals surface area contributed by atoms with Crippen molar-refractivity contribution in [1.82, 2.24) is 10.3 Å². The minimum absolute atomic E-state index is 0.0596. The molecule has 0 aliphatic heterocycles. The standard InChI is InChI=1S/C17H18F3N3O2/c1-16(2,15(25)21-3)23-14-13(24)8-11(9-22-14)10-5-4-6-12(7-10)17(18,19)20/h4-9,24H,1-3H3,(H,21,25)(H,22,23). The summed E-state index contributed by atoms with van der Waals surface area (Å²) in [6.07, 6.45) is -3.12. The normalized spacial score (nSPS) is 11.9. The van der Waals surface area contributed by atoms with Crippen LogP contribution in [-0.4, -0.2) is 28.6 Å². The molecule has 0 aliphatic rings. The van der Waals surface area contributed by atoms with Crippen molar-refractivity contribution in [3.63, 3.8) is 0 Å². The topological polar surface area (TPSA) is 74.2 Å². The van der Waals surface area contributed by atoms with Gasteiger partial charge in [-0.2, -0.15) is 13.2 Å². The third kappa shape index (κ3) is 4.20. The molecule has 1 aromatic heterocycles. The van der Waals surface area contributed by atoms with Gasteiger partial charge in [0.25, 0.3) is 0 Å². The summed E-state index contributed by atoms with van der Waals surface area (Å²) >= 11 is 0. The Kier molecular flexibility index (Phi) is 4.92. The van der Waals surface area contributed by atoms with Gasteiger partial charge in [-0.3, -0.25) is 4.79 Å². The zero-order chi connectivity index (χ0) is 18.8. The molecule has 134 valence electrons. The Morgan fingerprint density at radius 1 is 1.16 bits per heavy atom. The van der Waals surface area contributed by atoms with Crippen LogP contribution in [0.5, 0.6) is 5.75 Å². The smallest absolute Gasteiger partial charge is 0.416 e. The number of halogens is 3. The van der Waals surface area contributed by atoms with E-state index in [4.69, 9.17) is 0 Å². The van der Waals surface area contributed by atoms with Crippen LogP contribution in [0.15, 0.2) is 36.5 Å². The van der Waals surface area contributed by atoms with Gasteiger partial charge in [0.1, 0.15) is 5.54 Å². The van der Waals surface area contributed by atoms with Gasteiger partial charge in [-0.1, -0.05) is 12.1 Å². The number of carbonyl (C=O) groups is 1. The molecule has 1 aromatic carbocycles. The maximum atomic E-state index is 12.8. The van der Waals surface area contributed by atoms with Crippen LogP contribution in [0.2, 0.25) is 0 Å². The molecular formula is C17H18F3N3O2. The number of alkyl halides is 3. The van der Waals surface area contributed by atoms with E-state index >= 15 is 0 Å². The molecule has 2 aromatic rings. The molecule has 2 rings (SSSR count). The molecule has 0 spiro atoms. The second kappa shape index (κ2) is 6.62. The predicted octanol–water partition coefficient (Wildman–Crippen LogP) is 3.41. The number of aromatic hydroxyl groups is 1. The number of benzene rings is 1. The van der Waals surface area contributed by atoms with Crippen LogP contribution in [0.25, 0.3) is 11.1 Å². The summed E-state index contributed by atoms with van der Waals surface area (Å²) in [6, 6.07) is 6.03. The fourth-order valence-electron chi connectivity index (χ4n) is 2.25. The number of rotatable bonds is 4. The number of nitrogens with zero attached hydrogens (tertiary/aromatic N) is 1. The number of aromatic nitrogens is 1. The lowest BCUT2D eigenvalue weighted by Crippen LogP contribution is -2.46. The van der Waals surface area contributed by atoms with Crippen molar-refractivity contribution in [3.8, 4) is 16.9 Å². The van der Waals surface area contributed by atoms with E-state index in [2.05, 4.69) is 15.6 Å². The van der Waals surface area contributed by atoms with Crippen molar-refractivity contribution in [2.45, 2.75) is 25.6 Å². The lowest BCUT2D eigenvalue weighted by atomic mass is 10.0. The van der Waals surface area contributed by atoms with Crippen LogP contribution in [0, 0.1) is 0 Å². The number of hydrogen-bond donors (Lipinski definition) is 3. The van der Waals surface area contributed by atoms with Crippen LogP contribution in [0.4, 0.5) is 19.0 Å². The van der Waals surface area contributed by atoms with Gasteiger partial charge < -0.3 is 15.7 Å². The van der Waals surface area contributed by atoms with Crippen molar-refractivity contribution in [2.75, 3.05) is 12.4 Å². The number of amides is 1. The Hall–Kier alpha value is -2.77. The average molecular weight is 353 g/mol. The lowest BCUT2D eigenvalue weighted by Gasteiger charge is -2.25. The van der Waals surface area contributed by atoms with E-state index in [1.807, 2.05) is 0 Å². The van der Waals surface area contributed by atoms with E-state index in [1.165, 1.54) is 31.4 Å². The Balaban J connectivity index is 2.33. The largest absolute Gasteiger partial charge is 0.504 e. The third-order valence-electron chi connectivity index (χ3n) is 3.62. The molecule has 1 amide bonds. The van der Waals surface area contributed by atoms with Gasteiger partial charge in [0.05, 0.1) is 5.56 Å². The van der Waals surface area contributed by atoms with Crippen molar-refractivity contribution in [1.29, 1.82) is 0 Å². The molecule has 25 heavy (non-hydrogen) atoms. The van der Waals surface area contributed by atoms with Gasteiger partial charge in [0.2, 0.25) is 5.91 Å². The highest BCUT2D eigenvalue weighted by molar-refractivity contribution is 5.88. The Morgan fingerprint density at radius 3 is 2.40 bits per heavy atom. The number of pyridine rings is 1. The molecule has 5 nitrogen and oxygen atoms in total. The molecule has 0 radical (unpaired) electrons. The Morgan fingerprint density at radius 2 is 1.84 bits per heavy atom. The van der Waals surface area contributed by atoms with E-state index in [1.54, 1.807) is 13.8 Å². The summed E-state index contributed by atoms with van der Waals surface area (Å²) in [4.78, 5) is 15.8. The molecule has 8 heteroatoms. The first kappa shape index (κ1) is 18.6. The van der Waals surface area contributed by atoms with E-state index in [9.17, 15) is 23.1 Å². The zero-order valence-corrected chi connectivity index (χ0v) is 13.9. The number of likely N-dealkylation sites (N-methyl/N-ethyl adjacent to an activating group) is 1. The summed E-state index contributed by atoms with van der Waals surface area (Å²) in [5.41, 5.74) is -1.22. The van der Waals surface area contributed by atoms with Gasteiger partial charge in [0, 0.05) is 18.8 Å². The van der Waals surface area contributed by atoms with Crippen LogP contribution in [-0.2, 0) is 11.0 Å². The monoisotopic (exact) mass is 353 g/mol. The van der Waals surface area contributed by atoms with Crippen molar-refractivity contribution in [3.05, 3.63) is 42.1 Å². The molecule has 0 bridgehead atoms. The molecular weight excluding hydrogens is 335 g/mol. The fraction of sp³-hybridized carbons (Fsp3) is 0.294. The van der Waals surface area contributed by atoms with Gasteiger partial charge >= 0.3 is 6.18 Å². The van der Waals surface area contributed by atoms with Crippen LogP contribution >= 0.6 is 0 Å². The third-order valence-corrected chi connectivity index (χ3v) is 3.62. The van der Waals surface area contributed by atoms with Gasteiger partial charge in [-0.05, 0) is 37.6 Å². The minimum Gasteiger partial charge on any atom is -0.504 e. The number of nitrogens with one attached hydrogen (secondary N) is 2. The lowest BCUT2D eigenvalue weighted by molar-refractivity contribution is -0.137. The molecule has 0 saturated carbocycles. The van der Waals surface area contributed by atoms with E-state index in [0.717, 1.165) is 12.1 Å². The van der Waals surface area contributed by atoms with Gasteiger partial charge in [-0.15, -0.1) is 0 Å². The van der Waals surface area contributed by atoms with E-state index < -0.39 is 17.3 Å². The summed E-state index contributed by atoms with van der Waals surface area (Å²) in [5, 5.41) is 15.4. The van der Waals surface area contributed by atoms with Crippen molar-refractivity contribution >= 4 is 11.7 Å². The van der Waals surface area contributed by atoms with Gasteiger partial charge in [0.15, 0.2) is 11.6 Å². The first-order chi connectivity index (χ1) is 11.5. The summed E-state index contributed by atoms with van der Waals surface area (Å²) in [5.74, 6) is -0.521. The van der Waals surface area contributed by atoms with E-state index in [0.29, 0.717) is 5.56 Å². The molecule has 0 saturated heterocycles. The highest BCUT2D eigenvalue weighted by atomic mass is 19.4. The zero-order valence-electron chi connectivity index (χ0n) is 13.9. The van der Waals surface area contributed by atoms with Crippen LogP contribution in [0.3, 0.4) is 0 Å². The summed E-state index contributed by atoms with van der Waals surface area (Å²) in [6.45, 7) is 3.21. The molecule has 0 atom stereocenters. The highest BCUT2D eigenvalue weighted by Gasteiger charge is 2.31. The minimum atomic E-state index is -4.45. The molecule has 3 N–H and O–H groups in total. The van der Waals surface area contributed by atoms with Crippen LogP contribution in [0.1, 0.15) is 19.4 Å². The van der Waals surface area contributed by atoms with Crippen molar-refractivity contribution < 1.29 is 23.1 Å². The summed E-state index contributed by atoms with van der Waals surface area (Å²) < 4.78 is 38.4. The quantitative estimate of drug-likeness (QED) is 0.788. The second-order valence-electron chi connectivity index (χ2n) is 6.00. The molecule has 0 aliphatic carbocycles. The highest BCUT2D eigenvalue weighted by Crippen LogP contribution is 2.34. The number of carbonyl (C=O) groups excluding carboxylic acids is 1. The maximum absolute atomic E-state index is 12.8. The Labute approximate surface area is 142 Å². The first-order valence-electron chi connectivity index (χ1n) is 7.41. The average Bonchev–Trinajstić information content (AvgIpc) is 2.55. The van der Waals surface area contributed by atoms with Gasteiger partial charge in [-0.25, -0.2) is 4.98 Å². The summed E-state index contributed by atoms with van der Waals surface area (Å²) in [7, 11) is 1.48. The van der Waals surface area contributed by atoms with Crippen molar-refractivity contribution in [2.24, 2.45) is 0 Å². The van der Waals surface area contributed by atoms with E-state index in [-0.39, 0.29) is 23.0 Å². The number of anilines is 1. The number of hydrogen-bond acceptors (Lipinski definition) is 4. The predicted molar refractivity (Wildman–Crippen MR) is 88.1 cm³/mol. The second-order valence-corrected chi connectivity index (χ2v) is 6.00. The molecule has 1 heterocycles.